The van der Waals surface area contributed by atoms with Crippen molar-refractivity contribution in [3.63, 3.8) is 0 Å². The number of rotatable bonds is 5. The molecule has 0 aromatic heterocycles. The molecule has 0 aromatic carbocycles. The number of hydrogen-bond donors (Lipinski definition) is 1. The van der Waals surface area contributed by atoms with E-state index >= 15 is 0 Å². The molecule has 2 heteroatoms. The second-order valence-corrected chi connectivity index (χ2v) is 7.68. The molecule has 18 heavy (non-hydrogen) atoms. The van der Waals surface area contributed by atoms with Crippen LogP contribution in [0.15, 0.2) is 0 Å². The lowest BCUT2D eigenvalue weighted by Crippen LogP contribution is -2.44. The van der Waals surface area contributed by atoms with E-state index in [0.717, 1.165) is 32.4 Å². The molecule has 0 heterocycles. The quantitative estimate of drug-likeness (QED) is 0.812. The van der Waals surface area contributed by atoms with Gasteiger partial charge in [0.1, 0.15) is 0 Å². The average molecular weight is 255 g/mol. The smallest absolute Gasteiger partial charge is 0.0581 e. The first-order valence-electron chi connectivity index (χ1n) is 7.63. The van der Waals surface area contributed by atoms with Gasteiger partial charge in [0.25, 0.3) is 0 Å². The normalized spacial score (nSPS) is 28.3. The zero-order valence-electron chi connectivity index (χ0n) is 13.2. The summed E-state index contributed by atoms with van der Waals surface area (Å²) in [6.45, 7) is 16.0. The predicted molar refractivity (Wildman–Crippen MR) is 78.7 cm³/mol. The van der Waals surface area contributed by atoms with Crippen LogP contribution >= 0.6 is 0 Å². The Balaban J connectivity index is 2.61. The molecule has 2 atom stereocenters. The number of aliphatic hydroxyl groups is 1. The van der Waals surface area contributed by atoms with Crippen molar-refractivity contribution in [3.05, 3.63) is 0 Å². The Labute approximate surface area is 114 Å². The van der Waals surface area contributed by atoms with Crippen LogP contribution in [0.25, 0.3) is 0 Å². The second-order valence-electron chi connectivity index (χ2n) is 7.68. The third-order valence-corrected chi connectivity index (χ3v) is 4.27. The Morgan fingerprint density at radius 3 is 2.33 bits per heavy atom. The molecule has 2 unspecified atom stereocenters. The molecule has 1 N–H and O–H groups in total. The lowest BCUT2D eigenvalue weighted by atomic mass is 9.70. The van der Waals surface area contributed by atoms with Crippen molar-refractivity contribution in [2.45, 2.75) is 73.0 Å². The molecular weight excluding hydrogens is 222 g/mol. The van der Waals surface area contributed by atoms with Crippen LogP contribution in [0, 0.1) is 17.3 Å². The first-order chi connectivity index (χ1) is 8.21. The van der Waals surface area contributed by atoms with E-state index in [1.807, 2.05) is 0 Å². The maximum Gasteiger partial charge on any atom is 0.0581 e. The summed E-state index contributed by atoms with van der Waals surface area (Å²) in [7, 11) is 0. The summed E-state index contributed by atoms with van der Waals surface area (Å²) in [4.78, 5) is 2.54. The lowest BCUT2D eigenvalue weighted by molar-refractivity contribution is -0.00233. The van der Waals surface area contributed by atoms with Crippen molar-refractivity contribution in [1.82, 2.24) is 4.90 Å². The van der Waals surface area contributed by atoms with E-state index in [4.69, 9.17) is 0 Å². The van der Waals surface area contributed by atoms with Gasteiger partial charge in [0, 0.05) is 19.1 Å². The van der Waals surface area contributed by atoms with Crippen molar-refractivity contribution in [1.29, 1.82) is 0 Å². The molecule has 1 aliphatic carbocycles. The first-order valence-corrected chi connectivity index (χ1v) is 7.63. The maximum atomic E-state index is 10.2. The van der Waals surface area contributed by atoms with Gasteiger partial charge in [-0.3, -0.25) is 0 Å². The van der Waals surface area contributed by atoms with Gasteiger partial charge in [-0.1, -0.05) is 27.7 Å². The molecule has 0 amide bonds. The van der Waals surface area contributed by atoms with Crippen molar-refractivity contribution < 1.29 is 5.11 Å². The molecular formula is C16H33NO. The minimum Gasteiger partial charge on any atom is -0.393 e. The fourth-order valence-corrected chi connectivity index (χ4v) is 3.17. The Bertz CT molecular complexity index is 247. The molecule has 0 aromatic rings. The van der Waals surface area contributed by atoms with Gasteiger partial charge in [0.2, 0.25) is 0 Å². The highest BCUT2D eigenvalue weighted by molar-refractivity contribution is 4.87. The molecule has 1 fully saturated rings. The molecule has 0 bridgehead atoms. The van der Waals surface area contributed by atoms with Gasteiger partial charge in [0.15, 0.2) is 0 Å². The second kappa shape index (κ2) is 6.38. The van der Waals surface area contributed by atoms with E-state index in [-0.39, 0.29) is 6.10 Å². The van der Waals surface area contributed by atoms with Crippen LogP contribution < -0.4 is 0 Å². The van der Waals surface area contributed by atoms with Crippen LogP contribution in [0.3, 0.4) is 0 Å². The Morgan fingerprint density at radius 2 is 1.83 bits per heavy atom. The Kier molecular flexibility index (Phi) is 5.67. The topological polar surface area (TPSA) is 23.5 Å². The van der Waals surface area contributed by atoms with E-state index in [2.05, 4.69) is 46.4 Å². The molecule has 1 rings (SSSR count). The number of nitrogens with zero attached hydrogens (tertiary/aromatic N) is 1. The van der Waals surface area contributed by atoms with Gasteiger partial charge in [-0.2, -0.15) is 0 Å². The average Bonchev–Trinajstić information content (AvgIpc) is 2.21. The zero-order valence-corrected chi connectivity index (χ0v) is 13.2. The zero-order chi connectivity index (χ0) is 13.9. The highest BCUT2D eigenvalue weighted by atomic mass is 16.3. The van der Waals surface area contributed by atoms with Crippen LogP contribution in [0.4, 0.5) is 0 Å². The molecule has 0 aliphatic heterocycles. The van der Waals surface area contributed by atoms with Crippen molar-refractivity contribution in [2.75, 3.05) is 13.1 Å². The van der Waals surface area contributed by atoms with Gasteiger partial charge in [0.05, 0.1) is 6.10 Å². The van der Waals surface area contributed by atoms with Crippen molar-refractivity contribution >= 4 is 0 Å². The van der Waals surface area contributed by atoms with E-state index in [1.54, 1.807) is 0 Å². The maximum absolute atomic E-state index is 10.2. The summed E-state index contributed by atoms with van der Waals surface area (Å²) in [6.07, 6.45) is 3.21. The van der Waals surface area contributed by atoms with Crippen molar-refractivity contribution in [3.8, 4) is 0 Å². The summed E-state index contributed by atoms with van der Waals surface area (Å²) in [5, 5.41) is 10.2. The highest BCUT2D eigenvalue weighted by Crippen LogP contribution is 2.39. The van der Waals surface area contributed by atoms with Gasteiger partial charge >= 0.3 is 0 Å². The lowest BCUT2D eigenvalue weighted by Gasteiger charge is -2.42. The van der Waals surface area contributed by atoms with Gasteiger partial charge < -0.3 is 10.0 Å². The van der Waals surface area contributed by atoms with E-state index in [0.29, 0.717) is 23.3 Å². The standard InChI is InChI=1S/C16H33NO/c1-12(2)10-17(13(3)4)11-14-9-16(5,6)8-7-15(14)18/h12-15,18H,7-11H2,1-6H3. The summed E-state index contributed by atoms with van der Waals surface area (Å²) >= 11 is 0. The first kappa shape index (κ1) is 16.0. The molecule has 2 nitrogen and oxygen atoms in total. The molecule has 1 saturated carbocycles. The van der Waals surface area contributed by atoms with Crippen LogP contribution in [0.2, 0.25) is 0 Å². The summed E-state index contributed by atoms with van der Waals surface area (Å²) in [6, 6.07) is 0.574. The van der Waals surface area contributed by atoms with E-state index in [9.17, 15) is 5.11 Å². The fraction of sp³-hybridized carbons (Fsp3) is 1.00. The summed E-state index contributed by atoms with van der Waals surface area (Å²) in [5.74, 6) is 1.15. The summed E-state index contributed by atoms with van der Waals surface area (Å²) < 4.78 is 0. The van der Waals surface area contributed by atoms with Crippen LogP contribution in [0.5, 0.6) is 0 Å². The van der Waals surface area contributed by atoms with E-state index in [1.165, 1.54) is 0 Å². The number of hydrogen-bond acceptors (Lipinski definition) is 2. The molecule has 108 valence electrons. The SMILES string of the molecule is CC(C)CN(CC1CC(C)(C)CCC1O)C(C)C. The number of aliphatic hydroxyl groups excluding tert-OH is 1. The fourth-order valence-electron chi connectivity index (χ4n) is 3.17. The van der Waals surface area contributed by atoms with Crippen LogP contribution in [-0.2, 0) is 0 Å². The van der Waals surface area contributed by atoms with Crippen LogP contribution in [-0.4, -0.2) is 35.2 Å². The predicted octanol–water partition coefficient (Wildman–Crippen LogP) is 3.54. The third-order valence-electron chi connectivity index (χ3n) is 4.27. The molecule has 0 radical (unpaired) electrons. The summed E-state index contributed by atoms with van der Waals surface area (Å²) in [5.41, 5.74) is 0.407. The minimum absolute atomic E-state index is 0.0913. The monoisotopic (exact) mass is 255 g/mol. The minimum atomic E-state index is -0.0913. The van der Waals surface area contributed by atoms with E-state index < -0.39 is 0 Å². The van der Waals surface area contributed by atoms with Gasteiger partial charge in [-0.15, -0.1) is 0 Å². The Hall–Kier alpha value is -0.0800. The van der Waals surface area contributed by atoms with Crippen LogP contribution in [0.1, 0.15) is 60.8 Å². The molecule has 1 aliphatic rings. The third kappa shape index (κ3) is 4.89. The molecule has 0 spiro atoms. The van der Waals surface area contributed by atoms with Crippen molar-refractivity contribution in [2.24, 2.45) is 17.3 Å². The Morgan fingerprint density at radius 1 is 1.22 bits per heavy atom. The molecule has 0 saturated heterocycles. The highest BCUT2D eigenvalue weighted by Gasteiger charge is 2.35. The largest absolute Gasteiger partial charge is 0.393 e. The van der Waals surface area contributed by atoms with Gasteiger partial charge in [-0.25, -0.2) is 0 Å². The van der Waals surface area contributed by atoms with Gasteiger partial charge in [-0.05, 0) is 50.4 Å².